The van der Waals surface area contributed by atoms with Crippen molar-refractivity contribution in [2.75, 3.05) is 0 Å². The Morgan fingerprint density at radius 2 is 1.00 bits per heavy atom. The minimum Gasteiger partial charge on any atom is -0.459 e. The molecule has 1 aromatic carbocycles. The first-order valence-corrected chi connectivity index (χ1v) is 13.2. The van der Waals surface area contributed by atoms with E-state index in [1.54, 1.807) is 5.54 Å². The number of halogens is 6. The van der Waals surface area contributed by atoms with Crippen LogP contribution in [-0.2, 0) is 4.74 Å². The number of rotatable bonds is 5. The van der Waals surface area contributed by atoms with E-state index < -0.39 is 46.7 Å². The summed E-state index contributed by atoms with van der Waals surface area (Å²) in [4.78, 5) is 12.2. The number of allylic oxidation sites excluding steroid dienone is 1. The summed E-state index contributed by atoms with van der Waals surface area (Å²) in [6.07, 6.45) is 14.2. The number of hydrogen-bond donors (Lipinski definition) is 0. The van der Waals surface area contributed by atoms with Crippen LogP contribution >= 0.6 is 11.6 Å². The van der Waals surface area contributed by atoms with Gasteiger partial charge in [-0.05, 0) is 107 Å². The van der Waals surface area contributed by atoms with E-state index in [1.165, 1.54) is 51.4 Å². The van der Waals surface area contributed by atoms with Gasteiger partial charge in [0.25, 0.3) is 0 Å². The highest BCUT2D eigenvalue weighted by molar-refractivity contribution is 6.25. The minimum absolute atomic E-state index is 0.518. The number of carbonyl (C=O) groups is 1. The van der Waals surface area contributed by atoms with Crippen LogP contribution in [0.4, 0.5) is 22.0 Å². The van der Waals surface area contributed by atoms with E-state index in [0.29, 0.717) is 30.6 Å². The van der Waals surface area contributed by atoms with Crippen molar-refractivity contribution in [1.29, 1.82) is 0 Å². The minimum atomic E-state index is -2.29. The van der Waals surface area contributed by atoms with Crippen LogP contribution in [0.2, 0.25) is 0 Å². The predicted octanol–water partition coefficient (Wildman–Crippen LogP) is 8.46. The van der Waals surface area contributed by atoms with E-state index in [2.05, 4.69) is 6.08 Å². The zero-order valence-electron chi connectivity index (χ0n) is 19.7. The van der Waals surface area contributed by atoms with Gasteiger partial charge >= 0.3 is 5.97 Å². The van der Waals surface area contributed by atoms with Crippen LogP contribution in [0.5, 0.6) is 0 Å². The molecule has 0 aliphatic heterocycles. The van der Waals surface area contributed by atoms with Gasteiger partial charge in [-0.3, -0.25) is 0 Å². The molecule has 35 heavy (non-hydrogen) atoms. The molecule has 3 aliphatic carbocycles. The Morgan fingerprint density at radius 1 is 0.629 bits per heavy atom. The second-order valence-electron chi connectivity index (χ2n) is 10.6. The summed E-state index contributed by atoms with van der Waals surface area (Å²) in [5.74, 6) is -9.00. The molecule has 0 spiro atoms. The van der Waals surface area contributed by atoms with Crippen LogP contribution in [0.25, 0.3) is 0 Å². The molecule has 0 amide bonds. The Bertz CT molecular complexity index is 899. The fraction of sp³-hybridized carbons (Fsp3) is 0.667. The third-order valence-corrected chi connectivity index (χ3v) is 8.86. The molecule has 0 N–H and O–H groups in total. The monoisotopic (exact) mass is 518 g/mol. The number of hydrogen-bond acceptors (Lipinski definition) is 2. The van der Waals surface area contributed by atoms with E-state index in [4.69, 9.17) is 16.3 Å². The molecular formula is C27H32ClF5O2. The fourth-order valence-corrected chi connectivity index (χ4v) is 6.88. The highest BCUT2D eigenvalue weighted by Gasteiger charge is 2.36. The molecule has 0 aromatic heterocycles. The lowest BCUT2D eigenvalue weighted by atomic mass is 9.65. The average molecular weight is 519 g/mol. The lowest BCUT2D eigenvalue weighted by Crippen LogP contribution is -2.32. The molecule has 0 unspecified atom stereocenters. The summed E-state index contributed by atoms with van der Waals surface area (Å²) >= 11 is 5.73. The molecule has 0 saturated heterocycles. The summed E-state index contributed by atoms with van der Waals surface area (Å²) in [5.41, 5.74) is 0.125. The van der Waals surface area contributed by atoms with Crippen molar-refractivity contribution in [3.8, 4) is 0 Å². The molecule has 1 aromatic rings. The SMILES string of the molecule is O=C(O[C@H]1CC[C@H]([C@H]2CC[C@H]([C@H]3CC[C@H](/C=C/Cl)CC3)CC2)CC1)c1c(F)c(F)c(F)c(F)c1F. The highest BCUT2D eigenvalue weighted by Crippen LogP contribution is 2.45. The molecule has 0 atom stereocenters. The van der Waals surface area contributed by atoms with E-state index in [9.17, 15) is 26.7 Å². The van der Waals surface area contributed by atoms with Crippen molar-refractivity contribution >= 4 is 17.6 Å². The average Bonchev–Trinajstić information content (AvgIpc) is 2.88. The third kappa shape index (κ3) is 5.86. The molecule has 0 bridgehead atoms. The van der Waals surface area contributed by atoms with Gasteiger partial charge in [0.1, 0.15) is 11.7 Å². The zero-order valence-corrected chi connectivity index (χ0v) is 20.4. The van der Waals surface area contributed by atoms with Gasteiger partial charge in [-0.25, -0.2) is 26.7 Å². The van der Waals surface area contributed by atoms with Gasteiger partial charge in [-0.1, -0.05) is 17.7 Å². The number of carbonyl (C=O) groups excluding carboxylic acids is 1. The first-order chi connectivity index (χ1) is 16.8. The van der Waals surface area contributed by atoms with Crippen LogP contribution in [-0.4, -0.2) is 12.1 Å². The predicted molar refractivity (Wildman–Crippen MR) is 123 cm³/mol. The lowest BCUT2D eigenvalue weighted by Gasteiger charge is -2.41. The quantitative estimate of drug-likeness (QED) is 0.169. The molecule has 3 saturated carbocycles. The smallest absolute Gasteiger partial charge is 0.344 e. The van der Waals surface area contributed by atoms with Gasteiger partial charge in [0.15, 0.2) is 23.3 Å². The first kappa shape index (κ1) is 26.4. The summed E-state index contributed by atoms with van der Waals surface area (Å²) in [6, 6.07) is 0. The van der Waals surface area contributed by atoms with Gasteiger partial charge in [0.2, 0.25) is 5.82 Å². The molecule has 3 fully saturated rings. The van der Waals surface area contributed by atoms with Crippen LogP contribution in [0.1, 0.15) is 87.4 Å². The normalized spacial score (nSPS) is 32.1. The van der Waals surface area contributed by atoms with Gasteiger partial charge in [0, 0.05) is 5.54 Å². The summed E-state index contributed by atoms with van der Waals surface area (Å²) in [5, 5.41) is 0. The second-order valence-corrected chi connectivity index (χ2v) is 10.8. The molecule has 4 rings (SSSR count). The van der Waals surface area contributed by atoms with E-state index in [-0.39, 0.29) is 0 Å². The lowest BCUT2D eigenvalue weighted by molar-refractivity contribution is 0.00890. The van der Waals surface area contributed by atoms with E-state index in [0.717, 1.165) is 24.7 Å². The molecule has 8 heteroatoms. The van der Waals surface area contributed by atoms with Crippen molar-refractivity contribution < 1.29 is 31.5 Å². The van der Waals surface area contributed by atoms with Crippen LogP contribution in [0.15, 0.2) is 11.6 Å². The van der Waals surface area contributed by atoms with Crippen molar-refractivity contribution in [2.24, 2.45) is 29.6 Å². The maximum absolute atomic E-state index is 13.9. The maximum Gasteiger partial charge on any atom is 0.344 e. The number of esters is 1. The Balaban J connectivity index is 1.23. The third-order valence-electron chi connectivity index (χ3n) is 8.72. The van der Waals surface area contributed by atoms with Crippen molar-refractivity contribution in [1.82, 2.24) is 0 Å². The largest absolute Gasteiger partial charge is 0.459 e. The molecule has 3 aliphatic rings. The summed E-state index contributed by atoms with van der Waals surface area (Å²) < 4.78 is 73.0. The number of ether oxygens (including phenoxy) is 1. The van der Waals surface area contributed by atoms with E-state index >= 15 is 0 Å². The topological polar surface area (TPSA) is 26.3 Å². The summed E-state index contributed by atoms with van der Waals surface area (Å²) in [6.45, 7) is 0. The molecule has 0 radical (unpaired) electrons. The van der Waals surface area contributed by atoms with Gasteiger partial charge in [-0.15, -0.1) is 0 Å². The number of benzene rings is 1. The Kier molecular flexibility index (Phi) is 8.77. The Labute approximate surface area is 208 Å². The van der Waals surface area contributed by atoms with Gasteiger partial charge in [0.05, 0.1) is 0 Å². The highest BCUT2D eigenvalue weighted by atomic mass is 35.5. The maximum atomic E-state index is 13.9. The summed E-state index contributed by atoms with van der Waals surface area (Å²) in [7, 11) is 0. The van der Waals surface area contributed by atoms with Crippen molar-refractivity contribution in [3.05, 3.63) is 46.3 Å². The second kappa shape index (κ2) is 11.6. The van der Waals surface area contributed by atoms with Gasteiger partial charge in [-0.2, -0.15) is 0 Å². The van der Waals surface area contributed by atoms with Gasteiger partial charge < -0.3 is 4.74 Å². The van der Waals surface area contributed by atoms with Crippen molar-refractivity contribution in [2.45, 2.75) is 83.2 Å². The van der Waals surface area contributed by atoms with Crippen molar-refractivity contribution in [3.63, 3.8) is 0 Å². The molecular weight excluding hydrogens is 487 g/mol. The first-order valence-electron chi connectivity index (χ1n) is 12.8. The molecule has 0 heterocycles. The fourth-order valence-electron chi connectivity index (χ4n) is 6.67. The molecule has 2 nitrogen and oxygen atoms in total. The Morgan fingerprint density at radius 3 is 1.43 bits per heavy atom. The Hall–Kier alpha value is -1.63. The van der Waals surface area contributed by atoms with E-state index in [1.807, 2.05) is 0 Å². The molecule has 194 valence electrons. The zero-order chi connectivity index (χ0) is 25.1. The standard InChI is InChI=1S/C27H32ClF5O2/c28-14-13-15-1-3-16(4-2-15)17-5-7-18(8-6-17)19-9-11-20(12-10-19)35-27(34)21-22(29)24(31)26(33)25(32)23(21)30/h13-20H,1-12H2/b14-13+/t15-,16-,17-,18-,19-,20-. The van der Waals surface area contributed by atoms with Crippen LogP contribution in [0.3, 0.4) is 0 Å². The van der Waals surface area contributed by atoms with Crippen LogP contribution < -0.4 is 0 Å². The van der Waals surface area contributed by atoms with Crippen LogP contribution in [0, 0.1) is 58.7 Å².